The van der Waals surface area contributed by atoms with Gasteiger partial charge in [0, 0.05) is 6.42 Å². The molecule has 1 aromatic heterocycles. The summed E-state index contributed by atoms with van der Waals surface area (Å²) in [5.41, 5.74) is 6.92. The Labute approximate surface area is 121 Å². The molecule has 0 saturated heterocycles. The van der Waals surface area contributed by atoms with Crippen molar-refractivity contribution in [2.24, 2.45) is 0 Å². The highest BCUT2D eigenvalue weighted by Gasteiger charge is 2.07. The number of nitrogen functional groups attached to an aromatic ring is 1. The van der Waals surface area contributed by atoms with Crippen LogP contribution in [-0.2, 0) is 6.42 Å². The van der Waals surface area contributed by atoms with Crippen LogP contribution in [-0.4, -0.2) is 21.2 Å². The molecule has 100 valence electrons. The number of fused-ring (bicyclic) bond motifs is 1. The zero-order valence-corrected chi connectivity index (χ0v) is 11.9. The molecule has 0 aliphatic rings. The first-order chi connectivity index (χ1) is 9.76. The molecule has 0 bridgehead atoms. The Morgan fingerprint density at radius 2 is 1.80 bits per heavy atom. The van der Waals surface area contributed by atoms with Gasteiger partial charge < -0.3 is 5.73 Å². The zero-order valence-electron chi connectivity index (χ0n) is 11.1. The molecule has 3 rings (SSSR count). The number of hydrogen-bond acceptors (Lipinski definition) is 5. The van der Waals surface area contributed by atoms with Crippen molar-refractivity contribution >= 4 is 28.5 Å². The van der Waals surface area contributed by atoms with Crippen LogP contribution in [0.5, 0.6) is 0 Å². The van der Waals surface area contributed by atoms with Gasteiger partial charge in [0.2, 0.25) is 5.95 Å². The minimum absolute atomic E-state index is 0.277. The van der Waals surface area contributed by atoms with Crippen molar-refractivity contribution in [2.45, 2.75) is 11.6 Å². The summed E-state index contributed by atoms with van der Waals surface area (Å²) in [5.74, 6) is 0.984. The normalized spacial score (nSPS) is 10.8. The van der Waals surface area contributed by atoms with Gasteiger partial charge in [0.05, 0.1) is 0 Å². The number of benzene rings is 2. The van der Waals surface area contributed by atoms with Gasteiger partial charge in [-0.15, -0.1) is 0 Å². The summed E-state index contributed by atoms with van der Waals surface area (Å²) in [6.07, 6.45) is 2.58. The van der Waals surface area contributed by atoms with Crippen LogP contribution < -0.4 is 5.73 Å². The average molecular weight is 282 g/mol. The number of nitrogens with zero attached hydrogens (tertiary/aromatic N) is 3. The summed E-state index contributed by atoms with van der Waals surface area (Å²) in [6, 6.07) is 14.6. The number of hydrogen-bond donors (Lipinski definition) is 1. The van der Waals surface area contributed by atoms with Gasteiger partial charge in [-0.2, -0.15) is 9.97 Å². The quantitative estimate of drug-likeness (QED) is 0.748. The van der Waals surface area contributed by atoms with Gasteiger partial charge in [-0.05, 0) is 22.6 Å². The van der Waals surface area contributed by atoms with Gasteiger partial charge in [0.15, 0.2) is 5.16 Å². The van der Waals surface area contributed by atoms with E-state index in [2.05, 4.69) is 45.3 Å². The first-order valence-electron chi connectivity index (χ1n) is 6.27. The molecular formula is C15H14N4S. The van der Waals surface area contributed by atoms with Crippen molar-refractivity contribution in [3.63, 3.8) is 0 Å². The van der Waals surface area contributed by atoms with Gasteiger partial charge in [-0.25, -0.2) is 4.98 Å². The van der Waals surface area contributed by atoms with Crippen LogP contribution >= 0.6 is 11.8 Å². The van der Waals surface area contributed by atoms with E-state index in [0.717, 1.165) is 0 Å². The van der Waals surface area contributed by atoms with Crippen LogP contribution in [0, 0.1) is 0 Å². The fourth-order valence-electron chi connectivity index (χ4n) is 2.20. The van der Waals surface area contributed by atoms with Crippen molar-refractivity contribution in [1.29, 1.82) is 0 Å². The first kappa shape index (κ1) is 12.9. The Balaban J connectivity index is 2.03. The Bertz CT molecular complexity index is 752. The summed E-state index contributed by atoms with van der Waals surface area (Å²) in [6.45, 7) is 0. The molecule has 0 aliphatic carbocycles. The highest BCUT2D eigenvalue weighted by molar-refractivity contribution is 7.98. The van der Waals surface area contributed by atoms with Crippen molar-refractivity contribution in [1.82, 2.24) is 15.0 Å². The predicted octanol–water partition coefficient (Wildman–Crippen LogP) is 2.92. The Morgan fingerprint density at radius 3 is 2.65 bits per heavy atom. The topological polar surface area (TPSA) is 64.7 Å². The molecule has 0 saturated carbocycles. The second-order valence-electron chi connectivity index (χ2n) is 4.41. The number of thioether (sulfide) groups is 1. The Hall–Kier alpha value is -2.14. The van der Waals surface area contributed by atoms with Crippen LogP contribution in [0.2, 0.25) is 0 Å². The van der Waals surface area contributed by atoms with Gasteiger partial charge in [-0.1, -0.05) is 54.2 Å². The molecule has 1 heterocycles. The second-order valence-corrected chi connectivity index (χ2v) is 5.18. The lowest BCUT2D eigenvalue weighted by Gasteiger charge is -2.07. The highest BCUT2D eigenvalue weighted by Crippen LogP contribution is 2.21. The molecule has 5 heteroatoms. The van der Waals surface area contributed by atoms with E-state index in [1.54, 1.807) is 0 Å². The molecule has 0 radical (unpaired) electrons. The SMILES string of the molecule is CSc1nc(N)nc(Cc2cccc3ccccc23)n1. The maximum atomic E-state index is 5.73. The standard InChI is InChI=1S/C15H14N4S/c1-20-15-18-13(17-14(16)19-15)9-11-7-4-6-10-5-2-3-8-12(10)11/h2-8H,9H2,1H3,(H2,16,17,18,19). The molecule has 0 unspecified atom stereocenters. The van der Waals surface area contributed by atoms with Crippen LogP contribution in [0.1, 0.15) is 11.4 Å². The molecule has 0 aliphatic heterocycles. The van der Waals surface area contributed by atoms with Crippen molar-refractivity contribution in [2.75, 3.05) is 12.0 Å². The molecule has 3 aromatic rings. The van der Waals surface area contributed by atoms with E-state index in [1.165, 1.54) is 28.1 Å². The maximum absolute atomic E-state index is 5.73. The van der Waals surface area contributed by atoms with E-state index in [0.29, 0.717) is 17.4 Å². The Kier molecular flexibility index (Phi) is 3.52. The smallest absolute Gasteiger partial charge is 0.224 e. The van der Waals surface area contributed by atoms with Gasteiger partial charge in [-0.3, -0.25) is 0 Å². The van der Waals surface area contributed by atoms with Crippen LogP contribution in [0.3, 0.4) is 0 Å². The largest absolute Gasteiger partial charge is 0.368 e. The lowest BCUT2D eigenvalue weighted by atomic mass is 10.0. The molecule has 20 heavy (non-hydrogen) atoms. The lowest BCUT2D eigenvalue weighted by Crippen LogP contribution is -2.05. The van der Waals surface area contributed by atoms with Crippen LogP contribution in [0.4, 0.5) is 5.95 Å². The number of nitrogens with two attached hydrogens (primary N) is 1. The number of anilines is 1. The Morgan fingerprint density at radius 1 is 1.00 bits per heavy atom. The maximum Gasteiger partial charge on any atom is 0.224 e. The second kappa shape index (κ2) is 5.46. The molecule has 2 aromatic carbocycles. The van der Waals surface area contributed by atoms with Gasteiger partial charge in [0.25, 0.3) is 0 Å². The molecule has 4 nitrogen and oxygen atoms in total. The van der Waals surface area contributed by atoms with Crippen molar-refractivity contribution < 1.29 is 0 Å². The van der Waals surface area contributed by atoms with E-state index in [-0.39, 0.29) is 5.95 Å². The summed E-state index contributed by atoms with van der Waals surface area (Å²) in [7, 11) is 0. The van der Waals surface area contributed by atoms with Gasteiger partial charge >= 0.3 is 0 Å². The summed E-state index contributed by atoms with van der Waals surface area (Å²) >= 11 is 1.47. The van der Waals surface area contributed by atoms with E-state index >= 15 is 0 Å². The van der Waals surface area contributed by atoms with Gasteiger partial charge in [0.1, 0.15) is 5.82 Å². The molecule has 0 amide bonds. The lowest BCUT2D eigenvalue weighted by molar-refractivity contribution is 0.841. The first-order valence-corrected chi connectivity index (χ1v) is 7.50. The van der Waals surface area contributed by atoms with E-state index in [9.17, 15) is 0 Å². The third kappa shape index (κ3) is 2.58. The van der Waals surface area contributed by atoms with Crippen molar-refractivity contribution in [3.05, 3.63) is 53.9 Å². The van der Waals surface area contributed by atoms with E-state index in [1.807, 2.05) is 18.4 Å². The zero-order chi connectivity index (χ0) is 13.9. The highest BCUT2D eigenvalue weighted by atomic mass is 32.2. The monoisotopic (exact) mass is 282 g/mol. The van der Waals surface area contributed by atoms with Crippen LogP contribution in [0.25, 0.3) is 10.8 Å². The number of aromatic nitrogens is 3. The predicted molar refractivity (Wildman–Crippen MR) is 82.8 cm³/mol. The molecule has 0 spiro atoms. The minimum atomic E-state index is 0.277. The third-order valence-electron chi connectivity index (χ3n) is 3.09. The summed E-state index contributed by atoms with van der Waals surface area (Å²) < 4.78 is 0. The summed E-state index contributed by atoms with van der Waals surface area (Å²) in [5, 5.41) is 3.10. The van der Waals surface area contributed by atoms with E-state index in [4.69, 9.17) is 5.73 Å². The fraction of sp³-hybridized carbons (Fsp3) is 0.133. The van der Waals surface area contributed by atoms with E-state index < -0.39 is 0 Å². The molecular weight excluding hydrogens is 268 g/mol. The fourth-order valence-corrected chi connectivity index (χ4v) is 2.58. The minimum Gasteiger partial charge on any atom is -0.368 e. The summed E-state index contributed by atoms with van der Waals surface area (Å²) in [4.78, 5) is 12.7. The molecule has 0 atom stereocenters. The molecule has 0 fully saturated rings. The third-order valence-corrected chi connectivity index (χ3v) is 3.64. The number of rotatable bonds is 3. The molecule has 2 N–H and O–H groups in total. The average Bonchev–Trinajstić information content (AvgIpc) is 2.47. The van der Waals surface area contributed by atoms with Crippen molar-refractivity contribution in [3.8, 4) is 0 Å². The van der Waals surface area contributed by atoms with Crippen LogP contribution in [0.15, 0.2) is 47.6 Å².